The third kappa shape index (κ3) is 5.34. The quantitative estimate of drug-likeness (QED) is 0.572. The summed E-state index contributed by atoms with van der Waals surface area (Å²) in [5, 5.41) is 4.64. The number of fused-ring (bicyclic) bond motifs is 1. The van der Waals surface area contributed by atoms with Gasteiger partial charge in [-0.25, -0.2) is 0 Å². The molecule has 6 nitrogen and oxygen atoms in total. The number of carbonyl (C=O) groups is 2. The summed E-state index contributed by atoms with van der Waals surface area (Å²) in [5.41, 5.74) is 0.904. The molecule has 0 aliphatic rings. The zero-order valence-corrected chi connectivity index (χ0v) is 18.1. The molecule has 0 saturated heterocycles. The first-order valence-corrected chi connectivity index (χ1v) is 10.3. The minimum Gasteiger partial charge on any atom is -0.497 e. The topological polar surface area (TPSA) is 67.9 Å². The number of likely N-dealkylation sites (N-methyl/N-ethyl adjacent to an activating group) is 1. The maximum atomic E-state index is 13.2. The zero-order valence-electron chi connectivity index (χ0n) is 18.1. The normalized spacial score (nSPS) is 11.6. The predicted molar refractivity (Wildman–Crippen MR) is 121 cm³/mol. The Morgan fingerprint density at radius 1 is 1.00 bits per heavy atom. The SMILES string of the molecule is CC[C@@H](C(=O)NC)N(Cc1ccc(OC)cc1)C(=O)COc1cccc2ccccc12. The Morgan fingerprint density at radius 2 is 1.71 bits per heavy atom. The second-order valence-corrected chi connectivity index (χ2v) is 7.17. The number of ether oxygens (including phenoxy) is 2. The van der Waals surface area contributed by atoms with Gasteiger partial charge in [0.15, 0.2) is 6.61 Å². The molecule has 2 amide bonds. The van der Waals surface area contributed by atoms with Crippen molar-refractivity contribution in [1.82, 2.24) is 10.2 Å². The maximum Gasteiger partial charge on any atom is 0.261 e. The van der Waals surface area contributed by atoms with E-state index in [1.54, 1.807) is 19.1 Å². The summed E-state index contributed by atoms with van der Waals surface area (Å²) < 4.78 is 11.1. The van der Waals surface area contributed by atoms with Crippen LogP contribution < -0.4 is 14.8 Å². The number of methoxy groups -OCH3 is 1. The van der Waals surface area contributed by atoms with Crippen molar-refractivity contribution < 1.29 is 19.1 Å². The van der Waals surface area contributed by atoms with Crippen LogP contribution in [-0.2, 0) is 16.1 Å². The van der Waals surface area contributed by atoms with E-state index in [9.17, 15) is 9.59 Å². The smallest absolute Gasteiger partial charge is 0.261 e. The number of rotatable bonds is 9. The Kier molecular flexibility index (Phi) is 7.49. The van der Waals surface area contributed by atoms with E-state index < -0.39 is 6.04 Å². The van der Waals surface area contributed by atoms with E-state index in [1.165, 1.54) is 0 Å². The summed E-state index contributed by atoms with van der Waals surface area (Å²) in [6, 6.07) is 20.5. The Labute approximate surface area is 182 Å². The second kappa shape index (κ2) is 10.5. The van der Waals surface area contributed by atoms with Crippen LogP contribution in [0.5, 0.6) is 11.5 Å². The number of nitrogens with zero attached hydrogens (tertiary/aromatic N) is 1. The zero-order chi connectivity index (χ0) is 22.2. The lowest BCUT2D eigenvalue weighted by Gasteiger charge is -2.30. The number of nitrogens with one attached hydrogen (secondary N) is 1. The van der Waals surface area contributed by atoms with Gasteiger partial charge >= 0.3 is 0 Å². The van der Waals surface area contributed by atoms with Crippen molar-refractivity contribution in [2.75, 3.05) is 20.8 Å². The van der Waals surface area contributed by atoms with Gasteiger partial charge in [-0.15, -0.1) is 0 Å². The summed E-state index contributed by atoms with van der Waals surface area (Å²) in [6.07, 6.45) is 0.496. The summed E-state index contributed by atoms with van der Waals surface area (Å²) >= 11 is 0. The van der Waals surface area contributed by atoms with Crippen LogP contribution in [0.1, 0.15) is 18.9 Å². The van der Waals surface area contributed by atoms with Crippen LogP contribution in [0, 0.1) is 0 Å². The van der Waals surface area contributed by atoms with Gasteiger partial charge in [0.05, 0.1) is 7.11 Å². The van der Waals surface area contributed by atoms with Crippen LogP contribution in [-0.4, -0.2) is 43.5 Å². The third-order valence-corrected chi connectivity index (χ3v) is 5.25. The van der Waals surface area contributed by atoms with Gasteiger partial charge in [-0.2, -0.15) is 0 Å². The minimum absolute atomic E-state index is 0.155. The highest BCUT2D eigenvalue weighted by Crippen LogP contribution is 2.25. The molecule has 0 fully saturated rings. The highest BCUT2D eigenvalue weighted by Gasteiger charge is 2.28. The van der Waals surface area contributed by atoms with Crippen LogP contribution in [0.3, 0.4) is 0 Å². The van der Waals surface area contributed by atoms with Crippen molar-refractivity contribution in [1.29, 1.82) is 0 Å². The van der Waals surface area contributed by atoms with Crippen molar-refractivity contribution in [2.45, 2.75) is 25.9 Å². The molecule has 3 rings (SSSR count). The Bertz CT molecular complexity index is 1030. The van der Waals surface area contributed by atoms with E-state index in [1.807, 2.05) is 73.7 Å². The van der Waals surface area contributed by atoms with E-state index in [2.05, 4.69) is 5.32 Å². The molecule has 0 unspecified atom stereocenters. The van der Waals surface area contributed by atoms with Crippen molar-refractivity contribution in [3.05, 3.63) is 72.3 Å². The molecule has 0 radical (unpaired) electrons. The first kappa shape index (κ1) is 22.2. The Balaban J connectivity index is 1.81. The molecule has 3 aromatic carbocycles. The average molecular weight is 421 g/mol. The monoisotopic (exact) mass is 420 g/mol. The van der Waals surface area contributed by atoms with Gasteiger partial charge in [-0.1, -0.05) is 55.5 Å². The van der Waals surface area contributed by atoms with Gasteiger partial charge in [0, 0.05) is 19.0 Å². The molecule has 0 heterocycles. The Morgan fingerprint density at radius 3 is 2.39 bits per heavy atom. The number of amides is 2. The van der Waals surface area contributed by atoms with Gasteiger partial charge in [0.25, 0.3) is 5.91 Å². The molecular formula is C25H28N2O4. The molecule has 6 heteroatoms. The van der Waals surface area contributed by atoms with E-state index in [0.717, 1.165) is 22.1 Å². The lowest BCUT2D eigenvalue weighted by atomic mass is 10.1. The van der Waals surface area contributed by atoms with Crippen LogP contribution in [0.2, 0.25) is 0 Å². The largest absolute Gasteiger partial charge is 0.497 e. The van der Waals surface area contributed by atoms with Gasteiger partial charge in [-0.05, 0) is 35.6 Å². The number of carbonyl (C=O) groups excluding carboxylic acids is 2. The fourth-order valence-electron chi connectivity index (χ4n) is 3.56. The van der Waals surface area contributed by atoms with Gasteiger partial charge < -0.3 is 19.7 Å². The lowest BCUT2D eigenvalue weighted by Crippen LogP contribution is -2.49. The third-order valence-electron chi connectivity index (χ3n) is 5.25. The van der Waals surface area contributed by atoms with Crippen molar-refractivity contribution in [3.8, 4) is 11.5 Å². The molecule has 0 aliphatic heterocycles. The maximum absolute atomic E-state index is 13.2. The summed E-state index contributed by atoms with van der Waals surface area (Å²) in [7, 11) is 3.18. The van der Waals surface area contributed by atoms with Crippen molar-refractivity contribution >= 4 is 22.6 Å². The lowest BCUT2D eigenvalue weighted by molar-refractivity contribution is -0.142. The molecule has 1 N–H and O–H groups in total. The summed E-state index contributed by atoms with van der Waals surface area (Å²) in [6.45, 7) is 2.03. The number of hydrogen-bond acceptors (Lipinski definition) is 4. The van der Waals surface area contributed by atoms with Crippen LogP contribution >= 0.6 is 0 Å². The van der Waals surface area contributed by atoms with E-state index in [0.29, 0.717) is 18.7 Å². The number of hydrogen-bond donors (Lipinski definition) is 1. The van der Waals surface area contributed by atoms with Crippen LogP contribution in [0.25, 0.3) is 10.8 Å². The summed E-state index contributed by atoms with van der Waals surface area (Å²) in [4.78, 5) is 27.2. The molecule has 162 valence electrons. The number of benzene rings is 3. The van der Waals surface area contributed by atoms with Crippen LogP contribution in [0.4, 0.5) is 0 Å². The standard InChI is InChI=1S/C25H28N2O4/c1-4-22(25(29)26-2)27(16-18-12-14-20(30-3)15-13-18)24(28)17-31-23-11-7-9-19-8-5-6-10-21(19)23/h5-15,22H,4,16-17H2,1-3H3,(H,26,29)/t22-/m0/s1. The van der Waals surface area contributed by atoms with Crippen molar-refractivity contribution in [2.24, 2.45) is 0 Å². The Hall–Kier alpha value is -3.54. The molecule has 0 bridgehead atoms. The second-order valence-electron chi connectivity index (χ2n) is 7.17. The molecule has 0 aromatic heterocycles. The van der Waals surface area contributed by atoms with Gasteiger partial charge in [0.2, 0.25) is 5.91 Å². The highest BCUT2D eigenvalue weighted by molar-refractivity contribution is 5.90. The molecule has 0 spiro atoms. The van der Waals surface area contributed by atoms with Gasteiger partial charge in [0.1, 0.15) is 17.5 Å². The molecule has 1 atom stereocenters. The fraction of sp³-hybridized carbons (Fsp3) is 0.280. The van der Waals surface area contributed by atoms with E-state index in [4.69, 9.17) is 9.47 Å². The average Bonchev–Trinajstić information content (AvgIpc) is 2.82. The molecular weight excluding hydrogens is 392 g/mol. The molecule has 31 heavy (non-hydrogen) atoms. The van der Waals surface area contributed by atoms with Gasteiger partial charge in [-0.3, -0.25) is 9.59 Å². The fourth-order valence-corrected chi connectivity index (χ4v) is 3.56. The molecule has 0 saturated carbocycles. The van der Waals surface area contributed by atoms with E-state index in [-0.39, 0.29) is 18.4 Å². The summed E-state index contributed by atoms with van der Waals surface area (Å²) in [5.74, 6) is 0.928. The first-order chi connectivity index (χ1) is 15.1. The van der Waals surface area contributed by atoms with E-state index >= 15 is 0 Å². The highest BCUT2D eigenvalue weighted by atomic mass is 16.5. The first-order valence-electron chi connectivity index (χ1n) is 10.3. The molecule has 3 aromatic rings. The van der Waals surface area contributed by atoms with Crippen molar-refractivity contribution in [3.63, 3.8) is 0 Å². The minimum atomic E-state index is -0.587. The van der Waals surface area contributed by atoms with Crippen LogP contribution in [0.15, 0.2) is 66.7 Å². The molecule has 0 aliphatic carbocycles. The predicted octanol–water partition coefficient (Wildman–Crippen LogP) is 3.78.